The highest BCUT2D eigenvalue weighted by Gasteiger charge is 2.18. The van der Waals surface area contributed by atoms with Crippen molar-refractivity contribution in [2.24, 2.45) is 0 Å². The maximum Gasteiger partial charge on any atom is 0.0362 e. The van der Waals surface area contributed by atoms with Gasteiger partial charge in [0.1, 0.15) is 0 Å². The number of rotatable bonds is 3. The minimum Gasteiger partial charge on any atom is -0.135 e. The number of hydrogen-bond acceptors (Lipinski definition) is 4. The average Bonchev–Trinajstić information content (AvgIpc) is 3.96. The number of benzene rings is 8. The molecule has 0 atom stereocenters. The number of fused-ring (bicyclic) bond motifs is 14. The topological polar surface area (TPSA) is 0 Å². The molecule has 0 saturated heterocycles. The molecule has 4 heterocycles. The van der Waals surface area contributed by atoms with Crippen molar-refractivity contribution < 1.29 is 0 Å². The molecule has 52 heavy (non-hydrogen) atoms. The van der Waals surface area contributed by atoms with E-state index in [1.54, 1.807) is 0 Å². The lowest BCUT2D eigenvalue weighted by molar-refractivity contribution is 1.66. The van der Waals surface area contributed by atoms with Crippen LogP contribution in [0.3, 0.4) is 0 Å². The van der Waals surface area contributed by atoms with E-state index < -0.39 is 0 Å². The standard InChI is InChI=1S/C48H26S4/c1-3-7-27(8-4-1)29-11-15-37-33(23-29)45-41(49-37)19-21-43-47(45)35-25-31(13-17-39(35)51-43)32-14-18-40-36(26-32)48-44(52-40)22-20-42-46(48)34-24-30(12-16-38(34)50-42)28-9-5-2-6-10-28/h1-26H. The van der Waals surface area contributed by atoms with Gasteiger partial charge in [0.25, 0.3) is 0 Å². The van der Waals surface area contributed by atoms with Gasteiger partial charge >= 0.3 is 0 Å². The minimum absolute atomic E-state index is 1.26. The zero-order chi connectivity index (χ0) is 33.9. The molecular formula is C48H26S4. The highest BCUT2D eigenvalue weighted by atomic mass is 32.1. The summed E-state index contributed by atoms with van der Waals surface area (Å²) in [5.74, 6) is 0. The molecule has 4 aromatic heterocycles. The fourth-order valence-corrected chi connectivity index (χ4v) is 12.6. The third-order valence-corrected chi connectivity index (χ3v) is 15.2. The molecule has 0 aliphatic rings. The summed E-state index contributed by atoms with van der Waals surface area (Å²) in [6.45, 7) is 0. The van der Waals surface area contributed by atoms with Gasteiger partial charge in [-0.3, -0.25) is 0 Å². The summed E-state index contributed by atoms with van der Waals surface area (Å²) in [6.07, 6.45) is 0. The van der Waals surface area contributed by atoms with E-state index >= 15 is 0 Å². The van der Waals surface area contributed by atoms with E-state index in [0.29, 0.717) is 0 Å². The molecule has 0 spiro atoms. The van der Waals surface area contributed by atoms with Crippen molar-refractivity contribution in [3.8, 4) is 33.4 Å². The second kappa shape index (κ2) is 11.1. The van der Waals surface area contributed by atoms with E-state index in [-0.39, 0.29) is 0 Å². The van der Waals surface area contributed by atoms with Crippen LogP contribution in [-0.2, 0) is 0 Å². The van der Waals surface area contributed by atoms with E-state index in [0.717, 1.165) is 0 Å². The molecule has 12 rings (SSSR count). The van der Waals surface area contributed by atoms with Crippen molar-refractivity contribution in [3.63, 3.8) is 0 Å². The Bertz CT molecular complexity index is 3160. The first kappa shape index (κ1) is 29.2. The molecule has 0 bridgehead atoms. The Morgan fingerprint density at radius 1 is 0.212 bits per heavy atom. The van der Waals surface area contributed by atoms with Crippen LogP contribution in [0.1, 0.15) is 0 Å². The van der Waals surface area contributed by atoms with Crippen molar-refractivity contribution >= 4 is 126 Å². The highest BCUT2D eigenvalue weighted by molar-refractivity contribution is 7.28. The van der Waals surface area contributed by atoms with Crippen LogP contribution >= 0.6 is 45.3 Å². The fraction of sp³-hybridized carbons (Fsp3) is 0. The third kappa shape index (κ3) is 4.30. The van der Waals surface area contributed by atoms with Crippen LogP contribution in [-0.4, -0.2) is 0 Å². The Hall–Kier alpha value is -5.36. The Morgan fingerprint density at radius 2 is 0.462 bits per heavy atom. The SMILES string of the molecule is c1ccc(-c2ccc3sc4ccc5sc6ccc(-c7ccc8sc9ccc%10sc%11ccc(-c%12ccccc%12)cc%11c%10c9c8c7)cc6c5c4c3c2)cc1. The molecule has 12 aromatic rings. The monoisotopic (exact) mass is 730 g/mol. The first-order valence-electron chi connectivity index (χ1n) is 17.5. The van der Waals surface area contributed by atoms with Crippen LogP contribution in [0, 0.1) is 0 Å². The number of hydrogen-bond donors (Lipinski definition) is 0. The quantitative estimate of drug-likeness (QED) is 0.170. The van der Waals surface area contributed by atoms with Crippen molar-refractivity contribution in [3.05, 3.63) is 158 Å². The van der Waals surface area contributed by atoms with Gasteiger partial charge in [0, 0.05) is 80.7 Å². The lowest BCUT2D eigenvalue weighted by Gasteiger charge is -2.05. The summed E-state index contributed by atoms with van der Waals surface area (Å²) in [5.41, 5.74) is 7.59. The summed E-state index contributed by atoms with van der Waals surface area (Å²) in [7, 11) is 0. The van der Waals surface area contributed by atoms with Crippen molar-refractivity contribution in [2.75, 3.05) is 0 Å². The van der Waals surface area contributed by atoms with Crippen molar-refractivity contribution in [1.29, 1.82) is 0 Å². The summed E-state index contributed by atoms with van der Waals surface area (Å²) in [5, 5.41) is 11.0. The summed E-state index contributed by atoms with van der Waals surface area (Å²) >= 11 is 7.63. The van der Waals surface area contributed by atoms with Crippen LogP contribution in [0.25, 0.3) is 114 Å². The molecule has 0 N–H and O–H groups in total. The van der Waals surface area contributed by atoms with Crippen molar-refractivity contribution in [2.45, 2.75) is 0 Å². The van der Waals surface area contributed by atoms with E-state index in [2.05, 4.69) is 158 Å². The van der Waals surface area contributed by atoms with Gasteiger partial charge < -0.3 is 0 Å². The molecule has 242 valence electrons. The molecule has 0 nitrogen and oxygen atoms in total. The molecule has 0 saturated carbocycles. The molecule has 0 fully saturated rings. The molecule has 0 amide bonds. The minimum atomic E-state index is 1.26. The molecular weight excluding hydrogens is 705 g/mol. The first-order valence-corrected chi connectivity index (χ1v) is 20.7. The molecule has 4 heteroatoms. The second-order valence-corrected chi connectivity index (χ2v) is 17.9. The normalized spacial score (nSPS) is 12.2. The Morgan fingerprint density at radius 3 is 0.750 bits per heavy atom. The van der Waals surface area contributed by atoms with E-state index in [1.165, 1.54) is 114 Å². The molecule has 0 radical (unpaired) electrons. The van der Waals surface area contributed by atoms with E-state index in [9.17, 15) is 0 Å². The van der Waals surface area contributed by atoms with Gasteiger partial charge in [-0.25, -0.2) is 0 Å². The fourth-order valence-electron chi connectivity index (χ4n) is 8.25. The van der Waals surface area contributed by atoms with E-state index in [1.807, 2.05) is 45.3 Å². The highest BCUT2D eigenvalue weighted by Crippen LogP contribution is 2.48. The van der Waals surface area contributed by atoms with Crippen LogP contribution in [0.2, 0.25) is 0 Å². The summed E-state index contributed by atoms with van der Waals surface area (Å²) < 4.78 is 10.8. The van der Waals surface area contributed by atoms with Gasteiger partial charge in [0.05, 0.1) is 0 Å². The van der Waals surface area contributed by atoms with E-state index in [4.69, 9.17) is 0 Å². The Kier molecular flexibility index (Phi) is 6.23. The van der Waals surface area contributed by atoms with Gasteiger partial charge in [-0.15, -0.1) is 45.3 Å². The van der Waals surface area contributed by atoms with Gasteiger partial charge in [0.2, 0.25) is 0 Å². The van der Waals surface area contributed by atoms with Crippen LogP contribution < -0.4 is 0 Å². The lowest BCUT2D eigenvalue weighted by Crippen LogP contribution is -1.79. The maximum absolute atomic E-state index is 2.45. The largest absolute Gasteiger partial charge is 0.135 e. The Balaban J connectivity index is 1.07. The van der Waals surface area contributed by atoms with Gasteiger partial charge in [-0.2, -0.15) is 0 Å². The molecule has 8 aromatic carbocycles. The third-order valence-electron chi connectivity index (χ3n) is 10.7. The molecule has 0 aliphatic heterocycles. The Labute approximate surface area is 315 Å². The van der Waals surface area contributed by atoms with Crippen LogP contribution in [0.15, 0.2) is 158 Å². The second-order valence-electron chi connectivity index (χ2n) is 13.6. The molecule has 0 unspecified atom stereocenters. The number of thiophene rings is 4. The average molecular weight is 731 g/mol. The van der Waals surface area contributed by atoms with Gasteiger partial charge in [-0.05, 0) is 106 Å². The lowest BCUT2D eigenvalue weighted by atomic mass is 9.97. The van der Waals surface area contributed by atoms with Crippen molar-refractivity contribution in [1.82, 2.24) is 0 Å². The predicted octanol–water partition coefficient (Wildman–Crippen LogP) is 16.2. The summed E-state index contributed by atoms with van der Waals surface area (Å²) in [4.78, 5) is 0. The van der Waals surface area contributed by atoms with Gasteiger partial charge in [-0.1, -0.05) is 84.9 Å². The zero-order valence-electron chi connectivity index (χ0n) is 27.6. The molecule has 0 aliphatic carbocycles. The smallest absolute Gasteiger partial charge is 0.0362 e. The van der Waals surface area contributed by atoms with Gasteiger partial charge in [0.15, 0.2) is 0 Å². The van der Waals surface area contributed by atoms with Crippen LogP contribution in [0.5, 0.6) is 0 Å². The zero-order valence-corrected chi connectivity index (χ0v) is 30.9. The predicted molar refractivity (Wildman–Crippen MR) is 234 cm³/mol. The summed E-state index contributed by atoms with van der Waals surface area (Å²) in [6, 6.07) is 59.0. The maximum atomic E-state index is 2.45. The first-order chi connectivity index (χ1) is 25.7. The van der Waals surface area contributed by atoms with Crippen LogP contribution in [0.4, 0.5) is 0 Å².